The summed E-state index contributed by atoms with van der Waals surface area (Å²) in [6, 6.07) is 0. The molecule has 0 aromatic carbocycles. The maximum atomic E-state index is 10.8. The highest BCUT2D eigenvalue weighted by atomic mass is 16.4. The number of H-pyrrole nitrogens is 1. The van der Waals surface area contributed by atoms with Crippen molar-refractivity contribution in [3.63, 3.8) is 0 Å². The third kappa shape index (κ3) is 2.61. The summed E-state index contributed by atoms with van der Waals surface area (Å²) in [5, 5.41) is 8.88. The molecule has 5 heteroatoms. The molecule has 2 N–H and O–H groups in total. The fourth-order valence-corrected chi connectivity index (χ4v) is 2.13. The fourth-order valence-electron chi connectivity index (χ4n) is 2.13. The summed E-state index contributed by atoms with van der Waals surface area (Å²) in [5.74, 6) is 0.118. The normalized spacial score (nSPS) is 18.8. The van der Waals surface area contributed by atoms with E-state index in [-0.39, 0.29) is 5.92 Å². The van der Waals surface area contributed by atoms with E-state index in [1.807, 2.05) is 13.1 Å². The van der Waals surface area contributed by atoms with Crippen LogP contribution in [0, 0.1) is 12.8 Å². The summed E-state index contributed by atoms with van der Waals surface area (Å²) in [7, 11) is 0. The highest BCUT2D eigenvalue weighted by Gasteiger charge is 2.24. The smallest absolute Gasteiger partial charge is 0.306 e. The Kier molecular flexibility index (Phi) is 3.24. The standard InChI is InChI=1S/C11H17N3O2/c1-8-12-6-10(13-8)7-14-4-2-9(3-5-14)11(15)16/h6,9H,2-5,7H2,1H3,(H,12,13)(H,15,16). The van der Waals surface area contributed by atoms with Gasteiger partial charge >= 0.3 is 5.97 Å². The van der Waals surface area contributed by atoms with Crippen molar-refractivity contribution in [3.8, 4) is 0 Å². The van der Waals surface area contributed by atoms with E-state index in [1.54, 1.807) is 0 Å². The van der Waals surface area contributed by atoms with Crippen molar-refractivity contribution in [1.29, 1.82) is 0 Å². The minimum atomic E-state index is -0.656. The Hall–Kier alpha value is -1.36. The van der Waals surface area contributed by atoms with Crippen LogP contribution in [-0.2, 0) is 11.3 Å². The number of hydrogen-bond donors (Lipinski definition) is 2. The summed E-state index contributed by atoms with van der Waals surface area (Å²) < 4.78 is 0. The van der Waals surface area contributed by atoms with Gasteiger partial charge in [0.05, 0.1) is 5.92 Å². The van der Waals surface area contributed by atoms with Crippen LogP contribution in [0.2, 0.25) is 0 Å². The monoisotopic (exact) mass is 223 g/mol. The van der Waals surface area contributed by atoms with Crippen LogP contribution in [0.3, 0.4) is 0 Å². The number of aromatic nitrogens is 2. The van der Waals surface area contributed by atoms with Gasteiger partial charge < -0.3 is 10.1 Å². The van der Waals surface area contributed by atoms with Gasteiger partial charge in [-0.15, -0.1) is 0 Å². The minimum absolute atomic E-state index is 0.153. The molecular formula is C11H17N3O2. The molecule has 1 saturated heterocycles. The van der Waals surface area contributed by atoms with Crippen LogP contribution in [0.1, 0.15) is 24.4 Å². The van der Waals surface area contributed by atoms with Crippen molar-refractivity contribution in [3.05, 3.63) is 17.7 Å². The molecule has 0 atom stereocenters. The van der Waals surface area contributed by atoms with Crippen LogP contribution in [0.25, 0.3) is 0 Å². The summed E-state index contributed by atoms with van der Waals surface area (Å²) in [6.45, 7) is 4.48. The molecule has 1 aromatic rings. The van der Waals surface area contributed by atoms with Crippen molar-refractivity contribution >= 4 is 5.97 Å². The largest absolute Gasteiger partial charge is 0.481 e. The van der Waals surface area contributed by atoms with Gasteiger partial charge in [-0.2, -0.15) is 0 Å². The quantitative estimate of drug-likeness (QED) is 0.802. The van der Waals surface area contributed by atoms with Crippen molar-refractivity contribution in [2.45, 2.75) is 26.3 Å². The first-order chi connectivity index (χ1) is 7.65. The summed E-state index contributed by atoms with van der Waals surface area (Å²) in [4.78, 5) is 20.4. The van der Waals surface area contributed by atoms with Gasteiger partial charge in [0, 0.05) is 18.4 Å². The van der Waals surface area contributed by atoms with Gasteiger partial charge in [-0.1, -0.05) is 0 Å². The van der Waals surface area contributed by atoms with Gasteiger partial charge in [-0.05, 0) is 32.9 Å². The molecule has 1 aromatic heterocycles. The zero-order chi connectivity index (χ0) is 11.5. The average Bonchev–Trinajstić information content (AvgIpc) is 2.65. The number of carboxylic acids is 1. The van der Waals surface area contributed by atoms with Gasteiger partial charge in [-0.25, -0.2) is 4.98 Å². The maximum absolute atomic E-state index is 10.8. The molecule has 88 valence electrons. The first kappa shape index (κ1) is 11.1. The maximum Gasteiger partial charge on any atom is 0.306 e. The molecule has 2 rings (SSSR count). The molecule has 0 amide bonds. The second-order valence-electron chi connectivity index (χ2n) is 4.38. The van der Waals surface area contributed by atoms with E-state index in [1.165, 1.54) is 0 Å². The molecule has 0 saturated carbocycles. The Morgan fingerprint density at radius 1 is 1.62 bits per heavy atom. The Bertz CT molecular complexity index is 367. The Morgan fingerprint density at radius 3 is 2.81 bits per heavy atom. The van der Waals surface area contributed by atoms with Crippen molar-refractivity contribution < 1.29 is 9.90 Å². The number of aryl methyl sites for hydroxylation is 1. The first-order valence-corrected chi connectivity index (χ1v) is 5.61. The van der Waals surface area contributed by atoms with Crippen LogP contribution in [0.15, 0.2) is 6.20 Å². The first-order valence-electron chi connectivity index (χ1n) is 5.61. The van der Waals surface area contributed by atoms with E-state index in [0.717, 1.165) is 44.0 Å². The average molecular weight is 223 g/mol. The zero-order valence-electron chi connectivity index (χ0n) is 9.44. The molecule has 16 heavy (non-hydrogen) atoms. The number of carboxylic acid groups (broad SMARTS) is 1. The van der Waals surface area contributed by atoms with Gasteiger partial charge in [0.1, 0.15) is 5.82 Å². The van der Waals surface area contributed by atoms with Gasteiger partial charge in [0.2, 0.25) is 0 Å². The second kappa shape index (κ2) is 4.65. The molecule has 1 fully saturated rings. The number of likely N-dealkylation sites (tertiary alicyclic amines) is 1. The van der Waals surface area contributed by atoms with Crippen LogP contribution >= 0.6 is 0 Å². The van der Waals surface area contributed by atoms with Crippen molar-refractivity contribution in [2.75, 3.05) is 13.1 Å². The molecule has 0 unspecified atom stereocenters. The number of rotatable bonds is 3. The van der Waals surface area contributed by atoms with Crippen LogP contribution in [0.4, 0.5) is 0 Å². The topological polar surface area (TPSA) is 69.2 Å². The summed E-state index contributed by atoms with van der Waals surface area (Å²) in [6.07, 6.45) is 3.35. The lowest BCUT2D eigenvalue weighted by Crippen LogP contribution is -2.35. The highest BCUT2D eigenvalue weighted by molar-refractivity contribution is 5.70. The predicted molar refractivity (Wildman–Crippen MR) is 59.0 cm³/mol. The molecule has 0 radical (unpaired) electrons. The lowest BCUT2D eigenvalue weighted by atomic mass is 9.97. The molecule has 0 bridgehead atoms. The third-order valence-corrected chi connectivity index (χ3v) is 3.09. The SMILES string of the molecule is Cc1ncc(CN2CCC(C(=O)O)CC2)[nH]1. The molecule has 0 aliphatic carbocycles. The third-order valence-electron chi connectivity index (χ3n) is 3.09. The number of piperidine rings is 1. The summed E-state index contributed by atoms with van der Waals surface area (Å²) >= 11 is 0. The molecule has 0 spiro atoms. The van der Waals surface area contributed by atoms with Crippen molar-refractivity contribution in [1.82, 2.24) is 14.9 Å². The Balaban J connectivity index is 1.83. The molecular weight excluding hydrogens is 206 g/mol. The van der Waals surface area contributed by atoms with Gasteiger partial charge in [0.15, 0.2) is 0 Å². The van der Waals surface area contributed by atoms with E-state index >= 15 is 0 Å². The number of aliphatic carboxylic acids is 1. The van der Waals surface area contributed by atoms with E-state index in [4.69, 9.17) is 5.11 Å². The highest BCUT2D eigenvalue weighted by Crippen LogP contribution is 2.18. The Labute approximate surface area is 94.5 Å². The Morgan fingerprint density at radius 2 is 2.31 bits per heavy atom. The molecule has 1 aliphatic heterocycles. The van der Waals surface area contributed by atoms with Crippen LogP contribution in [-0.4, -0.2) is 39.0 Å². The summed E-state index contributed by atoms with van der Waals surface area (Å²) in [5.41, 5.74) is 1.10. The molecule has 1 aliphatic rings. The second-order valence-corrected chi connectivity index (χ2v) is 4.38. The van der Waals surface area contributed by atoms with E-state index in [2.05, 4.69) is 14.9 Å². The molecule has 2 heterocycles. The number of aromatic amines is 1. The number of hydrogen-bond acceptors (Lipinski definition) is 3. The van der Waals surface area contributed by atoms with E-state index in [9.17, 15) is 4.79 Å². The van der Waals surface area contributed by atoms with E-state index < -0.39 is 5.97 Å². The predicted octanol–water partition coefficient (Wildman–Crippen LogP) is 1.01. The van der Waals surface area contributed by atoms with Crippen molar-refractivity contribution in [2.24, 2.45) is 5.92 Å². The minimum Gasteiger partial charge on any atom is -0.481 e. The van der Waals surface area contributed by atoms with E-state index in [0.29, 0.717) is 0 Å². The molecule has 5 nitrogen and oxygen atoms in total. The zero-order valence-corrected chi connectivity index (χ0v) is 9.44. The van der Waals surface area contributed by atoms with Gasteiger partial charge in [0.25, 0.3) is 0 Å². The van der Waals surface area contributed by atoms with Gasteiger partial charge in [-0.3, -0.25) is 9.69 Å². The number of nitrogens with zero attached hydrogens (tertiary/aromatic N) is 2. The fraction of sp³-hybridized carbons (Fsp3) is 0.636. The van der Waals surface area contributed by atoms with Crippen LogP contribution < -0.4 is 0 Å². The number of nitrogens with one attached hydrogen (secondary N) is 1. The van der Waals surface area contributed by atoms with Crippen LogP contribution in [0.5, 0.6) is 0 Å². The lowest BCUT2D eigenvalue weighted by Gasteiger charge is -2.29. The lowest BCUT2D eigenvalue weighted by molar-refractivity contribution is -0.143. The number of carbonyl (C=O) groups is 1. The number of imidazole rings is 1.